The number of pyridine rings is 1. The van der Waals surface area contributed by atoms with Gasteiger partial charge in [0, 0.05) is 17.8 Å². The molecule has 0 aliphatic carbocycles. The van der Waals surface area contributed by atoms with E-state index in [0.29, 0.717) is 5.02 Å². The van der Waals surface area contributed by atoms with Crippen LogP contribution in [-0.2, 0) is 0 Å². The van der Waals surface area contributed by atoms with Gasteiger partial charge in [-0.3, -0.25) is 4.98 Å². The highest BCUT2D eigenvalue weighted by atomic mass is 35.5. The van der Waals surface area contributed by atoms with E-state index in [-0.39, 0.29) is 5.75 Å². The number of benzene rings is 1. The zero-order valence-corrected chi connectivity index (χ0v) is 6.92. The Bertz CT molecular complexity index is 387. The van der Waals surface area contributed by atoms with Crippen LogP contribution >= 0.6 is 11.6 Å². The minimum absolute atomic E-state index is 0.107. The number of nitrogens with zero attached hydrogens (tertiary/aromatic N) is 1. The maximum absolute atomic E-state index is 9.26. The van der Waals surface area contributed by atoms with Crippen molar-refractivity contribution in [3.8, 4) is 5.75 Å². The minimum atomic E-state index is 0.107. The van der Waals surface area contributed by atoms with E-state index in [1.807, 2.05) is 6.07 Å². The lowest BCUT2D eigenvalue weighted by atomic mass is 10.2. The van der Waals surface area contributed by atoms with E-state index in [1.165, 1.54) is 0 Å². The Morgan fingerprint density at radius 3 is 2.92 bits per heavy atom. The summed E-state index contributed by atoms with van der Waals surface area (Å²) in [5.41, 5.74) is 0. The first-order valence-electron chi connectivity index (χ1n) is 3.49. The Morgan fingerprint density at radius 1 is 1.25 bits per heavy atom. The summed E-state index contributed by atoms with van der Waals surface area (Å²) >= 11 is 5.71. The lowest BCUT2D eigenvalue weighted by Gasteiger charge is -1.99. The lowest BCUT2D eigenvalue weighted by molar-refractivity contribution is 0.476. The molecule has 0 fully saturated rings. The molecule has 1 N–H and O–H groups in total. The molecule has 0 saturated carbocycles. The fourth-order valence-electron chi connectivity index (χ4n) is 1.10. The van der Waals surface area contributed by atoms with Crippen LogP contribution < -0.4 is 0 Å². The van der Waals surface area contributed by atoms with Crippen LogP contribution in [0.4, 0.5) is 0 Å². The molecule has 0 unspecified atom stereocenters. The Morgan fingerprint density at radius 2 is 2.08 bits per heavy atom. The highest BCUT2D eigenvalue weighted by molar-refractivity contribution is 6.32. The number of aromatic hydroxyl groups is 1. The van der Waals surface area contributed by atoms with Crippen molar-refractivity contribution < 1.29 is 5.11 Å². The molecule has 0 amide bonds. The third-order valence-corrected chi connectivity index (χ3v) is 2.01. The minimum Gasteiger partial charge on any atom is -0.506 e. The van der Waals surface area contributed by atoms with Gasteiger partial charge in [-0.1, -0.05) is 11.6 Å². The number of rotatable bonds is 0. The summed E-state index contributed by atoms with van der Waals surface area (Å²) in [5, 5.41) is 11.5. The van der Waals surface area contributed by atoms with Crippen LogP contribution in [0.2, 0.25) is 5.02 Å². The van der Waals surface area contributed by atoms with Crippen molar-refractivity contribution in [1.82, 2.24) is 4.98 Å². The van der Waals surface area contributed by atoms with E-state index in [2.05, 4.69) is 4.98 Å². The van der Waals surface area contributed by atoms with Crippen molar-refractivity contribution >= 4 is 22.4 Å². The van der Waals surface area contributed by atoms with Gasteiger partial charge in [-0.15, -0.1) is 0 Å². The van der Waals surface area contributed by atoms with Crippen molar-refractivity contribution in [3.63, 3.8) is 0 Å². The van der Waals surface area contributed by atoms with Crippen LogP contribution in [0.15, 0.2) is 30.6 Å². The summed E-state index contributed by atoms with van der Waals surface area (Å²) < 4.78 is 0. The molecule has 1 heterocycles. The molecule has 0 spiro atoms. The summed E-state index contributed by atoms with van der Waals surface area (Å²) in [6.07, 6.45) is 3.39. The molecular formula is C9H6ClNO. The first-order valence-corrected chi connectivity index (χ1v) is 3.87. The van der Waals surface area contributed by atoms with Gasteiger partial charge in [-0.2, -0.15) is 0 Å². The van der Waals surface area contributed by atoms with Crippen LogP contribution in [0.3, 0.4) is 0 Å². The Hall–Kier alpha value is -1.28. The second-order valence-corrected chi connectivity index (χ2v) is 2.93. The maximum Gasteiger partial charge on any atom is 0.134 e. The number of fused-ring (bicyclic) bond motifs is 1. The van der Waals surface area contributed by atoms with Crippen LogP contribution in [0.5, 0.6) is 5.75 Å². The largest absolute Gasteiger partial charge is 0.506 e. The van der Waals surface area contributed by atoms with Gasteiger partial charge in [0.15, 0.2) is 0 Å². The zero-order chi connectivity index (χ0) is 8.55. The molecule has 2 rings (SSSR count). The quantitative estimate of drug-likeness (QED) is 0.675. The molecule has 2 nitrogen and oxygen atoms in total. The summed E-state index contributed by atoms with van der Waals surface area (Å²) in [6, 6.07) is 5.14. The van der Waals surface area contributed by atoms with E-state index in [9.17, 15) is 5.11 Å². The van der Waals surface area contributed by atoms with E-state index in [1.54, 1.807) is 24.5 Å². The summed E-state index contributed by atoms with van der Waals surface area (Å²) in [7, 11) is 0. The predicted molar refractivity (Wildman–Crippen MR) is 48.4 cm³/mol. The number of aromatic nitrogens is 1. The van der Waals surface area contributed by atoms with Crippen molar-refractivity contribution in [1.29, 1.82) is 0 Å². The van der Waals surface area contributed by atoms with Crippen molar-refractivity contribution in [2.75, 3.05) is 0 Å². The number of halogens is 1. The molecule has 0 aliphatic heterocycles. The Balaban J connectivity index is 2.84. The molecule has 0 bridgehead atoms. The van der Waals surface area contributed by atoms with E-state index >= 15 is 0 Å². The molecule has 3 heteroatoms. The molecule has 2 aromatic rings. The second-order valence-electron chi connectivity index (χ2n) is 2.53. The fourth-order valence-corrected chi connectivity index (χ4v) is 1.27. The van der Waals surface area contributed by atoms with Crippen LogP contribution in [0.1, 0.15) is 0 Å². The normalized spacial score (nSPS) is 10.4. The average molecular weight is 180 g/mol. The smallest absolute Gasteiger partial charge is 0.134 e. The molecule has 0 saturated heterocycles. The first kappa shape index (κ1) is 7.37. The fraction of sp³-hybridized carbons (Fsp3) is 0. The Kier molecular flexibility index (Phi) is 1.62. The van der Waals surface area contributed by atoms with Gasteiger partial charge < -0.3 is 5.11 Å². The Labute approximate surface area is 74.4 Å². The SMILES string of the molecule is Oc1cc2ccncc2cc1Cl. The highest BCUT2D eigenvalue weighted by Gasteiger charge is 1.99. The van der Waals surface area contributed by atoms with E-state index < -0.39 is 0 Å². The third kappa shape index (κ3) is 1.10. The van der Waals surface area contributed by atoms with Crippen LogP contribution in [0.25, 0.3) is 10.8 Å². The summed E-state index contributed by atoms with van der Waals surface area (Å²) in [5.74, 6) is 0.107. The van der Waals surface area contributed by atoms with Gasteiger partial charge in [0.2, 0.25) is 0 Å². The van der Waals surface area contributed by atoms with Crippen molar-refractivity contribution in [3.05, 3.63) is 35.6 Å². The molecule has 0 atom stereocenters. The van der Waals surface area contributed by atoms with Crippen molar-refractivity contribution in [2.45, 2.75) is 0 Å². The maximum atomic E-state index is 9.26. The van der Waals surface area contributed by atoms with Gasteiger partial charge >= 0.3 is 0 Å². The molecule has 12 heavy (non-hydrogen) atoms. The number of hydrogen-bond donors (Lipinski definition) is 1. The lowest BCUT2D eigenvalue weighted by Crippen LogP contribution is -1.75. The van der Waals surface area contributed by atoms with E-state index in [0.717, 1.165) is 10.8 Å². The van der Waals surface area contributed by atoms with Gasteiger partial charge in [-0.05, 0) is 23.6 Å². The number of phenols is 1. The second kappa shape index (κ2) is 2.64. The van der Waals surface area contributed by atoms with E-state index in [4.69, 9.17) is 11.6 Å². The molecule has 1 aromatic carbocycles. The molecule has 60 valence electrons. The zero-order valence-electron chi connectivity index (χ0n) is 6.16. The number of phenolic OH excluding ortho intramolecular Hbond substituents is 1. The summed E-state index contributed by atoms with van der Waals surface area (Å²) in [6.45, 7) is 0. The van der Waals surface area contributed by atoms with Crippen LogP contribution in [0, 0.1) is 0 Å². The van der Waals surface area contributed by atoms with Crippen LogP contribution in [-0.4, -0.2) is 10.1 Å². The standard InChI is InChI=1S/C9H6ClNO/c10-8-3-7-5-11-2-1-6(7)4-9(8)12/h1-5,12H. The predicted octanol–water partition coefficient (Wildman–Crippen LogP) is 2.59. The average Bonchev–Trinajstić information content (AvgIpc) is 2.07. The monoisotopic (exact) mass is 179 g/mol. The first-order chi connectivity index (χ1) is 5.77. The molecular weight excluding hydrogens is 174 g/mol. The van der Waals surface area contributed by atoms with Gasteiger partial charge in [0.05, 0.1) is 5.02 Å². The van der Waals surface area contributed by atoms with Gasteiger partial charge in [-0.25, -0.2) is 0 Å². The number of hydrogen-bond acceptors (Lipinski definition) is 2. The van der Waals surface area contributed by atoms with Crippen molar-refractivity contribution in [2.24, 2.45) is 0 Å². The third-order valence-electron chi connectivity index (χ3n) is 1.71. The van der Waals surface area contributed by atoms with Gasteiger partial charge in [0.25, 0.3) is 0 Å². The molecule has 0 radical (unpaired) electrons. The molecule has 0 aliphatic rings. The topological polar surface area (TPSA) is 33.1 Å². The summed E-state index contributed by atoms with van der Waals surface area (Å²) in [4.78, 5) is 3.94. The molecule has 1 aromatic heterocycles. The van der Waals surface area contributed by atoms with Gasteiger partial charge in [0.1, 0.15) is 5.75 Å². The highest BCUT2D eigenvalue weighted by Crippen LogP contribution is 2.27.